The van der Waals surface area contributed by atoms with E-state index >= 15 is 0 Å². The van der Waals surface area contributed by atoms with Gasteiger partial charge in [0, 0.05) is 27.9 Å². The van der Waals surface area contributed by atoms with Crippen molar-refractivity contribution in [3.63, 3.8) is 0 Å². The molecule has 3 rings (SSSR count). The molecule has 28 heavy (non-hydrogen) atoms. The van der Waals surface area contributed by atoms with Gasteiger partial charge in [0.05, 0.1) is 0 Å². The maximum atomic E-state index is 12.7. The fraction of sp³-hybridized carbons (Fsp3) is 0.300. The maximum Gasteiger partial charge on any atom is 0.406 e. The number of rotatable bonds is 5. The van der Waals surface area contributed by atoms with Crippen LogP contribution in [0.2, 0.25) is 0 Å². The lowest BCUT2D eigenvalue weighted by Gasteiger charge is -2.12. The summed E-state index contributed by atoms with van der Waals surface area (Å²) in [4.78, 5) is 24.7. The Labute approximate surface area is 158 Å². The van der Waals surface area contributed by atoms with Crippen molar-refractivity contribution in [3.8, 4) is 0 Å². The summed E-state index contributed by atoms with van der Waals surface area (Å²) in [5.41, 5.74) is 1.69. The number of furan rings is 1. The van der Waals surface area contributed by atoms with Crippen LogP contribution in [0.25, 0.3) is 11.0 Å². The van der Waals surface area contributed by atoms with Crippen LogP contribution in [0.3, 0.4) is 0 Å². The zero-order valence-electron chi connectivity index (χ0n) is 15.5. The number of ether oxygens (including phenoxy) is 1. The Morgan fingerprint density at radius 3 is 2.46 bits per heavy atom. The molecule has 0 aliphatic heterocycles. The first-order valence-electron chi connectivity index (χ1n) is 8.50. The van der Waals surface area contributed by atoms with Gasteiger partial charge in [-0.1, -0.05) is 18.2 Å². The molecular weight excluding hydrogens is 375 g/mol. The summed E-state index contributed by atoms with van der Waals surface area (Å²) in [6.45, 7) is 2.84. The van der Waals surface area contributed by atoms with Crippen LogP contribution in [0.1, 0.15) is 37.9 Å². The predicted octanol–water partition coefficient (Wildman–Crippen LogP) is 4.76. The van der Waals surface area contributed by atoms with Gasteiger partial charge in [-0.3, -0.25) is 4.79 Å². The van der Waals surface area contributed by atoms with E-state index in [0.29, 0.717) is 16.8 Å². The van der Waals surface area contributed by atoms with Crippen LogP contribution in [0.4, 0.5) is 13.2 Å². The number of aromatic nitrogens is 1. The monoisotopic (exact) mass is 393 g/mol. The number of fused-ring (bicyclic) bond motifs is 1. The van der Waals surface area contributed by atoms with E-state index in [4.69, 9.17) is 9.15 Å². The summed E-state index contributed by atoms with van der Waals surface area (Å²) in [5.74, 6) is -1.38. The zero-order valence-corrected chi connectivity index (χ0v) is 15.5. The third kappa shape index (κ3) is 3.81. The lowest BCUT2D eigenvalue weighted by Crippen LogP contribution is -2.20. The molecule has 0 amide bonds. The van der Waals surface area contributed by atoms with Gasteiger partial charge in [-0.05, 0) is 32.9 Å². The Kier molecular flexibility index (Phi) is 5.06. The van der Waals surface area contributed by atoms with Gasteiger partial charge < -0.3 is 13.7 Å². The number of hydrogen-bond acceptors (Lipinski definition) is 4. The molecule has 0 saturated carbocycles. The van der Waals surface area contributed by atoms with Crippen molar-refractivity contribution >= 4 is 22.7 Å². The number of benzene rings is 1. The third-order valence-electron chi connectivity index (χ3n) is 4.57. The number of hydrogen-bond donors (Lipinski definition) is 0. The molecule has 1 aromatic carbocycles. The first-order chi connectivity index (χ1) is 13.1. The van der Waals surface area contributed by atoms with Gasteiger partial charge in [0.1, 0.15) is 12.1 Å². The van der Waals surface area contributed by atoms with Gasteiger partial charge in [0.15, 0.2) is 6.61 Å². The van der Waals surface area contributed by atoms with Crippen molar-refractivity contribution in [2.75, 3.05) is 6.61 Å². The van der Waals surface area contributed by atoms with Crippen LogP contribution < -0.4 is 0 Å². The van der Waals surface area contributed by atoms with Gasteiger partial charge in [0.25, 0.3) is 0 Å². The highest BCUT2D eigenvalue weighted by molar-refractivity contribution is 6.01. The molecule has 0 fully saturated rings. The minimum atomic E-state index is -4.40. The van der Waals surface area contributed by atoms with Gasteiger partial charge in [-0.15, -0.1) is 0 Å². The second-order valence-electron chi connectivity index (χ2n) is 6.54. The Morgan fingerprint density at radius 1 is 1.14 bits per heavy atom. The molecule has 0 bridgehead atoms. The highest BCUT2D eigenvalue weighted by atomic mass is 19.4. The Hall–Kier alpha value is -3.03. The molecule has 2 aromatic heterocycles. The van der Waals surface area contributed by atoms with Crippen LogP contribution in [-0.4, -0.2) is 29.1 Å². The number of esters is 1. The van der Waals surface area contributed by atoms with Crippen molar-refractivity contribution in [3.05, 3.63) is 58.6 Å². The first-order valence-corrected chi connectivity index (χ1v) is 8.50. The Morgan fingerprint density at radius 2 is 1.82 bits per heavy atom. The summed E-state index contributed by atoms with van der Waals surface area (Å²) in [7, 11) is 0. The summed E-state index contributed by atoms with van der Waals surface area (Å²) >= 11 is 0. The van der Waals surface area contributed by atoms with Crippen molar-refractivity contribution in [1.82, 2.24) is 4.57 Å². The molecule has 3 aromatic rings. The molecular formula is C20H18F3NO4. The minimum Gasteiger partial charge on any atom is -0.451 e. The number of alkyl halides is 3. The van der Waals surface area contributed by atoms with E-state index in [2.05, 4.69) is 0 Å². The molecule has 0 spiro atoms. The summed E-state index contributed by atoms with van der Waals surface area (Å²) in [5, 5.41) is 0.761. The normalized spacial score (nSPS) is 11.8. The third-order valence-corrected chi connectivity index (χ3v) is 4.57. The number of carbonyl (C=O) groups is 2. The standard InChI is InChI=1S/C20H18F3NO4/c1-11-8-15(13(3)24(11)10-20(21,22)23)16(25)9-27-19(26)18-12(2)14-6-4-5-7-17(14)28-18/h4-8H,9-10H2,1-3H3. The van der Waals surface area contributed by atoms with Gasteiger partial charge in [0.2, 0.25) is 11.5 Å². The van der Waals surface area contributed by atoms with Crippen molar-refractivity contribution in [2.45, 2.75) is 33.5 Å². The first kappa shape index (κ1) is 19.7. The fourth-order valence-corrected chi connectivity index (χ4v) is 3.15. The zero-order chi connectivity index (χ0) is 20.6. The number of ketones is 1. The average Bonchev–Trinajstić information content (AvgIpc) is 3.10. The number of aryl methyl sites for hydroxylation is 2. The van der Waals surface area contributed by atoms with Crippen molar-refractivity contribution in [1.29, 1.82) is 0 Å². The highest BCUT2D eigenvalue weighted by Gasteiger charge is 2.30. The van der Waals surface area contributed by atoms with Gasteiger partial charge >= 0.3 is 12.1 Å². The number of carbonyl (C=O) groups excluding carboxylic acids is 2. The average molecular weight is 393 g/mol. The van der Waals surface area contributed by atoms with Crippen molar-refractivity contribution in [2.24, 2.45) is 0 Å². The summed E-state index contributed by atoms with van der Waals surface area (Å²) < 4.78 is 49.6. The number of halogens is 3. The summed E-state index contributed by atoms with van der Waals surface area (Å²) in [6, 6.07) is 8.44. The summed E-state index contributed by atoms with van der Waals surface area (Å²) in [6.07, 6.45) is -4.40. The lowest BCUT2D eigenvalue weighted by molar-refractivity contribution is -0.141. The van der Waals surface area contributed by atoms with Crippen molar-refractivity contribution < 1.29 is 31.9 Å². The number of nitrogens with zero attached hydrogens (tertiary/aromatic N) is 1. The van der Waals surface area contributed by atoms with E-state index < -0.39 is 31.1 Å². The van der Waals surface area contributed by atoms with Crippen LogP contribution in [0.15, 0.2) is 34.7 Å². The smallest absolute Gasteiger partial charge is 0.406 e. The van der Waals surface area contributed by atoms with E-state index in [9.17, 15) is 22.8 Å². The predicted molar refractivity (Wildman–Crippen MR) is 95.5 cm³/mol. The fourth-order valence-electron chi connectivity index (χ4n) is 3.15. The molecule has 5 nitrogen and oxygen atoms in total. The molecule has 0 aliphatic rings. The Balaban J connectivity index is 1.74. The second kappa shape index (κ2) is 7.18. The van der Waals surface area contributed by atoms with E-state index in [1.54, 1.807) is 31.2 Å². The van der Waals surface area contributed by atoms with Gasteiger partial charge in [-0.2, -0.15) is 13.2 Å². The molecule has 8 heteroatoms. The van der Waals surface area contributed by atoms with Crippen LogP contribution in [0.5, 0.6) is 0 Å². The molecule has 0 N–H and O–H groups in total. The number of para-hydroxylation sites is 1. The number of Topliss-reactive ketones (excluding diaryl/α,β-unsaturated/α-hetero) is 1. The molecule has 0 radical (unpaired) electrons. The largest absolute Gasteiger partial charge is 0.451 e. The quantitative estimate of drug-likeness (QED) is 0.463. The SMILES string of the molecule is Cc1c(C(=O)OCC(=O)c2cc(C)n(CC(F)(F)F)c2C)oc2ccccc12. The minimum absolute atomic E-state index is 0.00320. The maximum absolute atomic E-state index is 12.7. The molecule has 0 saturated heterocycles. The van der Waals surface area contributed by atoms with E-state index in [1.807, 2.05) is 0 Å². The molecule has 2 heterocycles. The van der Waals surface area contributed by atoms with Crippen LogP contribution in [-0.2, 0) is 11.3 Å². The lowest BCUT2D eigenvalue weighted by atomic mass is 10.1. The molecule has 148 valence electrons. The molecule has 0 aliphatic carbocycles. The van der Waals surface area contributed by atoms with E-state index in [0.717, 1.165) is 9.95 Å². The topological polar surface area (TPSA) is 61.4 Å². The van der Waals surface area contributed by atoms with Crippen LogP contribution >= 0.6 is 0 Å². The molecule has 0 atom stereocenters. The van der Waals surface area contributed by atoms with E-state index in [1.165, 1.54) is 19.9 Å². The van der Waals surface area contributed by atoms with Crippen LogP contribution in [0, 0.1) is 20.8 Å². The Bertz CT molecular complexity index is 1060. The second-order valence-corrected chi connectivity index (χ2v) is 6.54. The highest BCUT2D eigenvalue weighted by Crippen LogP contribution is 2.26. The molecule has 0 unspecified atom stereocenters. The van der Waals surface area contributed by atoms with E-state index in [-0.39, 0.29) is 17.0 Å². The van der Waals surface area contributed by atoms with Gasteiger partial charge in [-0.25, -0.2) is 4.79 Å².